The van der Waals surface area contributed by atoms with Gasteiger partial charge in [0.05, 0.1) is 0 Å². The molecule has 2 amide bonds. The summed E-state index contributed by atoms with van der Waals surface area (Å²) in [6.07, 6.45) is 0.234. The largest absolute Gasteiger partial charge is 0.326 e. The molecule has 0 spiro atoms. The zero-order valence-electron chi connectivity index (χ0n) is 13.1. The zero-order chi connectivity index (χ0) is 17.5. The first-order valence-electron chi connectivity index (χ1n) is 7.40. The van der Waals surface area contributed by atoms with Crippen molar-refractivity contribution in [1.82, 2.24) is 0 Å². The molecule has 0 aromatic heterocycles. The Labute approximate surface area is 148 Å². The highest BCUT2D eigenvalue weighted by Gasteiger charge is 2.10. The lowest BCUT2D eigenvalue weighted by Gasteiger charge is -2.08. The van der Waals surface area contributed by atoms with Crippen LogP contribution in [0.2, 0.25) is 0 Å². The van der Waals surface area contributed by atoms with Crippen molar-refractivity contribution in [2.24, 2.45) is 0 Å². The van der Waals surface area contributed by atoms with Gasteiger partial charge in [-0.2, -0.15) is 0 Å². The first-order chi connectivity index (χ1) is 11.4. The van der Waals surface area contributed by atoms with Gasteiger partial charge in [-0.05, 0) is 30.3 Å². The molecule has 5 nitrogen and oxygen atoms in total. The Morgan fingerprint density at radius 1 is 0.917 bits per heavy atom. The van der Waals surface area contributed by atoms with Crippen LogP contribution in [0.4, 0.5) is 11.4 Å². The van der Waals surface area contributed by atoms with Crippen molar-refractivity contribution in [1.29, 1.82) is 0 Å². The summed E-state index contributed by atoms with van der Waals surface area (Å²) in [4.78, 5) is 35.1. The van der Waals surface area contributed by atoms with Gasteiger partial charge in [0.2, 0.25) is 11.8 Å². The maximum absolute atomic E-state index is 12.0. The van der Waals surface area contributed by atoms with E-state index in [0.717, 1.165) is 4.47 Å². The van der Waals surface area contributed by atoms with Crippen LogP contribution in [0, 0.1) is 0 Å². The topological polar surface area (TPSA) is 75.3 Å². The Morgan fingerprint density at radius 3 is 2.17 bits per heavy atom. The maximum Gasteiger partial charge on any atom is 0.224 e. The predicted molar refractivity (Wildman–Crippen MR) is 97.1 cm³/mol. The van der Waals surface area contributed by atoms with Crippen LogP contribution in [0.5, 0.6) is 0 Å². The first-order valence-corrected chi connectivity index (χ1v) is 8.19. The Hall–Kier alpha value is -2.47. The summed E-state index contributed by atoms with van der Waals surface area (Å²) in [5.41, 5.74) is 1.76. The highest BCUT2D eigenvalue weighted by atomic mass is 79.9. The molecule has 0 heterocycles. The minimum atomic E-state index is -0.250. The number of rotatable bonds is 6. The minimum Gasteiger partial charge on any atom is -0.326 e. The molecule has 0 atom stereocenters. The summed E-state index contributed by atoms with van der Waals surface area (Å²) in [6.45, 7) is 1.42. The van der Waals surface area contributed by atoms with Crippen molar-refractivity contribution < 1.29 is 14.4 Å². The molecule has 0 saturated heterocycles. The fraction of sp³-hybridized carbons (Fsp3) is 0.167. The fourth-order valence-corrected chi connectivity index (χ4v) is 2.37. The van der Waals surface area contributed by atoms with E-state index in [9.17, 15) is 14.4 Å². The third-order valence-corrected chi connectivity index (χ3v) is 3.74. The molecule has 2 aromatic carbocycles. The predicted octanol–water partition coefficient (Wildman–Crippen LogP) is 4.01. The molecule has 0 fully saturated rings. The number of ketones is 1. The van der Waals surface area contributed by atoms with Crippen LogP contribution in [-0.4, -0.2) is 17.6 Å². The Balaban J connectivity index is 1.88. The van der Waals surface area contributed by atoms with E-state index in [1.807, 2.05) is 0 Å². The average Bonchev–Trinajstić information content (AvgIpc) is 2.53. The van der Waals surface area contributed by atoms with Crippen LogP contribution in [0.3, 0.4) is 0 Å². The molecule has 2 N–H and O–H groups in total. The van der Waals surface area contributed by atoms with Gasteiger partial charge in [-0.25, -0.2) is 0 Å². The van der Waals surface area contributed by atoms with Crippen LogP contribution >= 0.6 is 15.9 Å². The summed E-state index contributed by atoms with van der Waals surface area (Å²) in [5.74, 6) is -0.511. The standard InChI is InChI=1S/C18H17BrN2O3/c1-12(22)20-15-3-2-4-16(11-15)21-18(24)10-9-17(23)13-5-7-14(19)8-6-13/h2-8,11H,9-10H2,1H3,(H,20,22)(H,21,24). The fourth-order valence-electron chi connectivity index (χ4n) is 2.11. The lowest BCUT2D eigenvalue weighted by molar-refractivity contribution is -0.116. The van der Waals surface area contributed by atoms with E-state index in [1.54, 1.807) is 48.5 Å². The molecular formula is C18H17BrN2O3. The van der Waals surface area contributed by atoms with Gasteiger partial charge in [0.15, 0.2) is 5.78 Å². The molecule has 2 aromatic rings. The Morgan fingerprint density at radius 2 is 1.54 bits per heavy atom. The van der Waals surface area contributed by atoms with Crippen molar-refractivity contribution in [3.63, 3.8) is 0 Å². The minimum absolute atomic E-state index is 0.0790. The number of benzene rings is 2. The summed E-state index contributed by atoms with van der Waals surface area (Å²) in [6, 6.07) is 13.9. The van der Waals surface area contributed by atoms with Crippen molar-refractivity contribution in [2.45, 2.75) is 19.8 Å². The molecule has 6 heteroatoms. The molecule has 24 heavy (non-hydrogen) atoms. The number of nitrogens with one attached hydrogen (secondary N) is 2. The normalized spacial score (nSPS) is 10.1. The number of carbonyl (C=O) groups is 3. The maximum atomic E-state index is 12.0. The third-order valence-electron chi connectivity index (χ3n) is 3.21. The monoisotopic (exact) mass is 388 g/mol. The molecule has 0 saturated carbocycles. The van der Waals surface area contributed by atoms with Gasteiger partial charge in [-0.1, -0.05) is 34.1 Å². The number of halogens is 1. The van der Waals surface area contributed by atoms with Gasteiger partial charge in [0, 0.05) is 41.2 Å². The number of hydrogen-bond donors (Lipinski definition) is 2. The van der Waals surface area contributed by atoms with E-state index in [2.05, 4.69) is 26.6 Å². The van der Waals surface area contributed by atoms with E-state index >= 15 is 0 Å². The second kappa shape index (κ2) is 8.40. The lowest BCUT2D eigenvalue weighted by Crippen LogP contribution is -2.14. The number of amides is 2. The molecule has 2 rings (SSSR count). The number of anilines is 2. The average molecular weight is 389 g/mol. The second-order valence-electron chi connectivity index (χ2n) is 5.24. The van der Waals surface area contributed by atoms with Crippen LogP contribution in [0.1, 0.15) is 30.1 Å². The van der Waals surface area contributed by atoms with Gasteiger partial charge in [-0.3, -0.25) is 14.4 Å². The van der Waals surface area contributed by atoms with Crippen LogP contribution in [0.25, 0.3) is 0 Å². The molecule has 0 radical (unpaired) electrons. The quantitative estimate of drug-likeness (QED) is 0.734. The van der Waals surface area contributed by atoms with E-state index < -0.39 is 0 Å². The van der Waals surface area contributed by atoms with Crippen molar-refractivity contribution in [3.05, 3.63) is 58.6 Å². The van der Waals surface area contributed by atoms with Gasteiger partial charge >= 0.3 is 0 Å². The van der Waals surface area contributed by atoms with Gasteiger partial charge in [0.25, 0.3) is 0 Å². The Kier molecular flexibility index (Phi) is 6.26. The van der Waals surface area contributed by atoms with Crippen molar-refractivity contribution in [2.75, 3.05) is 10.6 Å². The SMILES string of the molecule is CC(=O)Nc1cccc(NC(=O)CCC(=O)c2ccc(Br)cc2)c1. The molecule has 0 aliphatic heterocycles. The van der Waals surface area contributed by atoms with Crippen molar-refractivity contribution >= 4 is 44.9 Å². The van der Waals surface area contributed by atoms with Crippen LogP contribution in [0.15, 0.2) is 53.0 Å². The molecule has 124 valence electrons. The second-order valence-corrected chi connectivity index (χ2v) is 6.16. The van der Waals surface area contributed by atoms with E-state index in [0.29, 0.717) is 16.9 Å². The van der Waals surface area contributed by atoms with E-state index in [-0.39, 0.29) is 30.4 Å². The highest BCUT2D eigenvalue weighted by Crippen LogP contribution is 2.16. The molecule has 0 aliphatic carbocycles. The van der Waals surface area contributed by atoms with Crippen LogP contribution in [-0.2, 0) is 9.59 Å². The molecular weight excluding hydrogens is 372 g/mol. The highest BCUT2D eigenvalue weighted by molar-refractivity contribution is 9.10. The van der Waals surface area contributed by atoms with E-state index in [4.69, 9.17) is 0 Å². The summed E-state index contributed by atoms with van der Waals surface area (Å²) in [7, 11) is 0. The summed E-state index contributed by atoms with van der Waals surface area (Å²) >= 11 is 3.31. The third kappa shape index (κ3) is 5.62. The Bertz CT molecular complexity index is 757. The smallest absolute Gasteiger partial charge is 0.224 e. The zero-order valence-corrected chi connectivity index (χ0v) is 14.7. The van der Waals surface area contributed by atoms with Crippen molar-refractivity contribution in [3.8, 4) is 0 Å². The van der Waals surface area contributed by atoms with Crippen LogP contribution < -0.4 is 10.6 Å². The van der Waals surface area contributed by atoms with Gasteiger partial charge in [0.1, 0.15) is 0 Å². The number of hydrogen-bond acceptors (Lipinski definition) is 3. The summed E-state index contributed by atoms with van der Waals surface area (Å²) < 4.78 is 0.899. The number of Topliss-reactive ketones (excluding diaryl/α,β-unsaturated/α-hetero) is 1. The molecule has 0 bridgehead atoms. The number of carbonyl (C=O) groups excluding carboxylic acids is 3. The first kappa shape index (κ1) is 17.9. The molecule has 0 aliphatic rings. The lowest BCUT2D eigenvalue weighted by atomic mass is 10.1. The van der Waals surface area contributed by atoms with Gasteiger partial charge < -0.3 is 10.6 Å². The van der Waals surface area contributed by atoms with E-state index in [1.165, 1.54) is 6.92 Å². The molecule has 0 unspecified atom stereocenters. The van der Waals surface area contributed by atoms with Gasteiger partial charge in [-0.15, -0.1) is 0 Å². The summed E-state index contributed by atoms with van der Waals surface area (Å²) in [5, 5.41) is 5.37.